The van der Waals surface area contributed by atoms with Crippen molar-refractivity contribution in [3.05, 3.63) is 29.3 Å². The molecular weight excluding hydrogens is 384 g/mol. The number of fused-ring (bicyclic) bond motifs is 1. The Morgan fingerprint density at radius 3 is 2.55 bits per heavy atom. The van der Waals surface area contributed by atoms with E-state index in [1.54, 1.807) is 11.3 Å². The molecule has 1 saturated carbocycles. The van der Waals surface area contributed by atoms with E-state index in [1.807, 2.05) is 15.9 Å². The van der Waals surface area contributed by atoms with Gasteiger partial charge in [-0.1, -0.05) is 12.1 Å². The zero-order chi connectivity index (χ0) is 19.8. The number of likely N-dealkylation sites (tertiary alicyclic amines) is 1. The number of carbonyl (C=O) groups excluding carboxylic acids is 2. The first-order valence-corrected chi connectivity index (χ1v) is 11.6. The Bertz CT molecular complexity index is 868. The first-order valence-electron chi connectivity index (χ1n) is 10.8. The largest absolute Gasteiger partial charge is 0.341 e. The van der Waals surface area contributed by atoms with E-state index in [0.29, 0.717) is 18.4 Å². The highest BCUT2D eigenvalue weighted by Crippen LogP contribution is 2.33. The molecule has 0 spiro atoms. The lowest BCUT2D eigenvalue weighted by atomic mass is 9.98. The lowest BCUT2D eigenvalue weighted by Crippen LogP contribution is -2.52. The summed E-state index contributed by atoms with van der Waals surface area (Å²) >= 11 is 1.77. The summed E-state index contributed by atoms with van der Waals surface area (Å²) in [6, 6.07) is 8.27. The van der Waals surface area contributed by atoms with Gasteiger partial charge in [0.2, 0.25) is 11.8 Å². The fraction of sp³-hybridized carbons (Fsp3) is 0.591. The molecular formula is C22H28N4O2S. The van der Waals surface area contributed by atoms with Gasteiger partial charge in [0, 0.05) is 51.1 Å². The molecule has 1 atom stereocenters. The van der Waals surface area contributed by atoms with E-state index in [1.165, 1.54) is 4.70 Å². The standard InChI is InChI=1S/C22H28N4O2S/c27-20(15-24-10-12-25(13-11-24)22(28)16-7-8-16)26-9-3-4-17(14-26)21-23-18-5-1-2-6-19(18)29-21/h1-2,5-6,16-17H,3-4,7-15H2. The van der Waals surface area contributed by atoms with Crippen LogP contribution < -0.4 is 0 Å². The molecule has 1 aromatic carbocycles. The number of nitrogens with zero attached hydrogens (tertiary/aromatic N) is 4. The van der Waals surface area contributed by atoms with Gasteiger partial charge in [-0.15, -0.1) is 11.3 Å². The third-order valence-corrected chi connectivity index (χ3v) is 7.60. The van der Waals surface area contributed by atoms with Crippen LogP contribution >= 0.6 is 11.3 Å². The van der Waals surface area contributed by atoms with Crippen LogP contribution in [-0.2, 0) is 9.59 Å². The van der Waals surface area contributed by atoms with E-state index in [-0.39, 0.29) is 11.8 Å². The summed E-state index contributed by atoms with van der Waals surface area (Å²) in [6.45, 7) is 5.23. The van der Waals surface area contributed by atoms with Crippen molar-refractivity contribution >= 4 is 33.4 Å². The summed E-state index contributed by atoms with van der Waals surface area (Å²) in [6.07, 6.45) is 4.26. The van der Waals surface area contributed by atoms with Crippen LogP contribution in [0, 0.1) is 5.92 Å². The van der Waals surface area contributed by atoms with Crippen molar-refractivity contribution in [3.63, 3.8) is 0 Å². The number of para-hydroxylation sites is 1. The Labute approximate surface area is 175 Å². The molecule has 2 amide bonds. The second-order valence-electron chi connectivity index (χ2n) is 8.57. The monoisotopic (exact) mass is 412 g/mol. The zero-order valence-corrected chi connectivity index (χ0v) is 17.6. The van der Waals surface area contributed by atoms with Crippen molar-refractivity contribution in [3.8, 4) is 0 Å². The third kappa shape index (κ3) is 4.16. The first kappa shape index (κ1) is 19.0. The minimum absolute atomic E-state index is 0.220. The molecule has 7 heteroatoms. The van der Waals surface area contributed by atoms with Gasteiger partial charge in [-0.2, -0.15) is 0 Å². The molecule has 3 fully saturated rings. The van der Waals surface area contributed by atoms with Gasteiger partial charge in [0.25, 0.3) is 0 Å². The Morgan fingerprint density at radius 1 is 1.00 bits per heavy atom. The topological polar surface area (TPSA) is 56.8 Å². The highest BCUT2D eigenvalue weighted by Gasteiger charge is 2.35. The smallest absolute Gasteiger partial charge is 0.236 e. The lowest BCUT2D eigenvalue weighted by molar-refractivity contribution is -0.136. The highest BCUT2D eigenvalue weighted by molar-refractivity contribution is 7.18. The Balaban J connectivity index is 1.15. The molecule has 2 aromatic rings. The molecule has 154 valence electrons. The predicted octanol–water partition coefficient (Wildman–Crippen LogP) is 2.56. The number of benzene rings is 1. The Hall–Kier alpha value is -1.99. The number of hydrogen-bond donors (Lipinski definition) is 0. The third-order valence-electron chi connectivity index (χ3n) is 6.40. The second-order valence-corrected chi connectivity index (χ2v) is 9.64. The fourth-order valence-electron chi connectivity index (χ4n) is 4.48. The molecule has 2 aliphatic heterocycles. The van der Waals surface area contributed by atoms with Crippen molar-refractivity contribution in [2.75, 3.05) is 45.8 Å². The van der Waals surface area contributed by atoms with Crippen LogP contribution in [0.2, 0.25) is 0 Å². The molecule has 3 heterocycles. The number of aromatic nitrogens is 1. The number of amides is 2. The summed E-state index contributed by atoms with van der Waals surface area (Å²) < 4.78 is 1.23. The first-order chi connectivity index (χ1) is 14.2. The number of thiazole rings is 1. The zero-order valence-electron chi connectivity index (χ0n) is 16.8. The van der Waals surface area contributed by atoms with E-state index in [0.717, 1.165) is 75.5 Å². The number of piperidine rings is 1. The summed E-state index contributed by atoms with van der Waals surface area (Å²) in [5.41, 5.74) is 1.06. The van der Waals surface area contributed by atoms with E-state index < -0.39 is 0 Å². The van der Waals surface area contributed by atoms with Crippen molar-refractivity contribution in [1.29, 1.82) is 0 Å². The number of carbonyl (C=O) groups is 2. The molecule has 1 aliphatic carbocycles. The molecule has 3 aliphatic rings. The van der Waals surface area contributed by atoms with Gasteiger partial charge in [0.1, 0.15) is 0 Å². The SMILES string of the molecule is O=C(CN1CCN(C(=O)C2CC2)CC1)N1CCCC(c2nc3ccccc3s2)C1. The maximum Gasteiger partial charge on any atom is 0.236 e. The molecule has 5 rings (SSSR count). The summed E-state index contributed by atoms with van der Waals surface area (Å²) in [5, 5.41) is 1.16. The van der Waals surface area contributed by atoms with Crippen LogP contribution in [0.15, 0.2) is 24.3 Å². The maximum absolute atomic E-state index is 12.9. The average Bonchev–Trinajstić information content (AvgIpc) is 3.52. The van der Waals surface area contributed by atoms with Crippen LogP contribution in [0.25, 0.3) is 10.2 Å². The van der Waals surface area contributed by atoms with Gasteiger partial charge >= 0.3 is 0 Å². The summed E-state index contributed by atoms with van der Waals surface area (Å²) in [4.78, 5) is 36.2. The molecule has 0 bridgehead atoms. The van der Waals surface area contributed by atoms with Crippen molar-refractivity contribution in [1.82, 2.24) is 19.7 Å². The Kier molecular flexibility index (Phi) is 5.26. The maximum atomic E-state index is 12.9. The van der Waals surface area contributed by atoms with E-state index >= 15 is 0 Å². The van der Waals surface area contributed by atoms with Gasteiger partial charge in [-0.3, -0.25) is 14.5 Å². The van der Waals surface area contributed by atoms with Gasteiger partial charge in [0.15, 0.2) is 0 Å². The van der Waals surface area contributed by atoms with Gasteiger partial charge in [-0.25, -0.2) is 4.98 Å². The van der Waals surface area contributed by atoms with Gasteiger partial charge in [-0.05, 0) is 37.8 Å². The van der Waals surface area contributed by atoms with Gasteiger partial charge < -0.3 is 9.80 Å². The minimum Gasteiger partial charge on any atom is -0.341 e. The Morgan fingerprint density at radius 2 is 1.79 bits per heavy atom. The van der Waals surface area contributed by atoms with Crippen LogP contribution in [-0.4, -0.2) is 77.3 Å². The lowest BCUT2D eigenvalue weighted by Gasteiger charge is -2.37. The normalized spacial score (nSPS) is 23.5. The van der Waals surface area contributed by atoms with E-state index in [9.17, 15) is 9.59 Å². The van der Waals surface area contributed by atoms with E-state index in [2.05, 4.69) is 23.1 Å². The molecule has 0 radical (unpaired) electrons. The number of hydrogen-bond acceptors (Lipinski definition) is 5. The highest BCUT2D eigenvalue weighted by atomic mass is 32.1. The molecule has 1 unspecified atom stereocenters. The molecule has 1 aromatic heterocycles. The van der Waals surface area contributed by atoms with Gasteiger partial charge in [0.05, 0.1) is 21.8 Å². The van der Waals surface area contributed by atoms with Crippen LogP contribution in [0.4, 0.5) is 0 Å². The molecule has 6 nitrogen and oxygen atoms in total. The van der Waals surface area contributed by atoms with Crippen molar-refractivity contribution in [2.45, 2.75) is 31.6 Å². The van der Waals surface area contributed by atoms with Crippen LogP contribution in [0.5, 0.6) is 0 Å². The second kappa shape index (κ2) is 8.03. The number of rotatable bonds is 4. The van der Waals surface area contributed by atoms with Crippen molar-refractivity contribution < 1.29 is 9.59 Å². The summed E-state index contributed by atoms with van der Waals surface area (Å²) in [5.74, 6) is 1.18. The predicted molar refractivity (Wildman–Crippen MR) is 114 cm³/mol. The van der Waals surface area contributed by atoms with Crippen LogP contribution in [0.3, 0.4) is 0 Å². The minimum atomic E-state index is 0.220. The fourth-order valence-corrected chi connectivity index (χ4v) is 5.57. The summed E-state index contributed by atoms with van der Waals surface area (Å²) in [7, 11) is 0. The quantitative estimate of drug-likeness (QED) is 0.775. The van der Waals surface area contributed by atoms with Crippen LogP contribution in [0.1, 0.15) is 36.6 Å². The number of piperazine rings is 1. The van der Waals surface area contributed by atoms with Crippen molar-refractivity contribution in [2.24, 2.45) is 5.92 Å². The van der Waals surface area contributed by atoms with E-state index in [4.69, 9.17) is 4.98 Å². The molecule has 29 heavy (non-hydrogen) atoms. The molecule has 0 N–H and O–H groups in total. The molecule has 2 saturated heterocycles. The average molecular weight is 413 g/mol.